The third-order valence-electron chi connectivity index (χ3n) is 1.97. The van der Waals surface area contributed by atoms with Crippen LogP contribution in [0.1, 0.15) is 0 Å². The Morgan fingerprint density at radius 3 is 2.67 bits per heavy atom. The number of hydrogen-bond acceptors (Lipinski definition) is 4. The van der Waals surface area contributed by atoms with Gasteiger partial charge in [-0.2, -0.15) is 0 Å². The monoisotopic (exact) mass is 204 g/mol. The summed E-state index contributed by atoms with van der Waals surface area (Å²) in [5, 5.41) is 10.6. The Bertz CT molecular complexity index is 455. The van der Waals surface area contributed by atoms with Crippen molar-refractivity contribution in [1.29, 1.82) is 0 Å². The molecule has 0 spiro atoms. The SMILES string of the molecule is CNc1ccc(-c2ccncc2F)nn1. The summed E-state index contributed by atoms with van der Waals surface area (Å²) in [6.45, 7) is 0. The van der Waals surface area contributed by atoms with Crippen molar-refractivity contribution in [3.8, 4) is 11.3 Å². The lowest BCUT2D eigenvalue weighted by atomic mass is 10.2. The molecule has 0 aliphatic heterocycles. The lowest BCUT2D eigenvalue weighted by molar-refractivity contribution is 0.624. The van der Waals surface area contributed by atoms with Crippen LogP contribution in [-0.2, 0) is 0 Å². The topological polar surface area (TPSA) is 50.7 Å². The predicted molar refractivity (Wildman–Crippen MR) is 54.8 cm³/mol. The molecule has 1 N–H and O–H groups in total. The Kier molecular flexibility index (Phi) is 2.53. The minimum absolute atomic E-state index is 0.399. The standard InChI is InChI=1S/C10H9FN4/c1-12-10-3-2-9(14-15-10)7-4-5-13-6-8(7)11/h2-6H,1H3,(H,12,15). The minimum Gasteiger partial charge on any atom is -0.372 e. The van der Waals surface area contributed by atoms with Gasteiger partial charge in [0.1, 0.15) is 5.82 Å². The quantitative estimate of drug-likeness (QED) is 0.809. The van der Waals surface area contributed by atoms with Gasteiger partial charge in [-0.3, -0.25) is 4.98 Å². The van der Waals surface area contributed by atoms with E-state index in [1.54, 1.807) is 25.2 Å². The number of pyridine rings is 1. The molecule has 2 aromatic heterocycles. The molecule has 2 aromatic rings. The number of aromatic nitrogens is 3. The summed E-state index contributed by atoms with van der Waals surface area (Å²) >= 11 is 0. The van der Waals surface area contributed by atoms with E-state index < -0.39 is 5.82 Å². The van der Waals surface area contributed by atoms with E-state index in [4.69, 9.17) is 0 Å². The van der Waals surface area contributed by atoms with Gasteiger partial charge in [-0.1, -0.05) is 0 Å². The zero-order valence-corrected chi connectivity index (χ0v) is 8.11. The molecular formula is C10H9FN4. The zero-order chi connectivity index (χ0) is 10.7. The Hall–Kier alpha value is -2.04. The Morgan fingerprint density at radius 2 is 2.07 bits per heavy atom. The van der Waals surface area contributed by atoms with Gasteiger partial charge >= 0.3 is 0 Å². The maximum absolute atomic E-state index is 13.3. The molecule has 0 unspecified atom stereocenters. The normalized spacial score (nSPS) is 10.0. The fourth-order valence-electron chi connectivity index (χ4n) is 1.19. The molecule has 0 saturated heterocycles. The number of hydrogen-bond donors (Lipinski definition) is 1. The van der Waals surface area contributed by atoms with Crippen LogP contribution in [0.5, 0.6) is 0 Å². The van der Waals surface area contributed by atoms with E-state index in [2.05, 4.69) is 20.5 Å². The lowest BCUT2D eigenvalue weighted by Crippen LogP contribution is -1.96. The molecule has 0 amide bonds. The van der Waals surface area contributed by atoms with Gasteiger partial charge in [0.05, 0.1) is 11.9 Å². The molecule has 0 saturated carbocycles. The Morgan fingerprint density at radius 1 is 1.20 bits per heavy atom. The molecule has 4 nitrogen and oxygen atoms in total. The van der Waals surface area contributed by atoms with Crippen LogP contribution < -0.4 is 5.32 Å². The summed E-state index contributed by atoms with van der Waals surface area (Å²) in [5.41, 5.74) is 0.897. The van der Waals surface area contributed by atoms with Gasteiger partial charge in [-0.25, -0.2) is 4.39 Å². The van der Waals surface area contributed by atoms with Crippen LogP contribution in [-0.4, -0.2) is 22.2 Å². The van der Waals surface area contributed by atoms with E-state index in [1.165, 1.54) is 6.20 Å². The first kappa shape index (κ1) is 9.51. The van der Waals surface area contributed by atoms with Gasteiger partial charge < -0.3 is 5.32 Å². The number of nitrogens with one attached hydrogen (secondary N) is 1. The van der Waals surface area contributed by atoms with Crippen LogP contribution in [0.25, 0.3) is 11.3 Å². The van der Waals surface area contributed by atoms with Crippen LogP contribution in [0, 0.1) is 5.82 Å². The van der Waals surface area contributed by atoms with Crippen molar-refractivity contribution < 1.29 is 4.39 Å². The van der Waals surface area contributed by atoms with Crippen LogP contribution in [0.15, 0.2) is 30.6 Å². The fraction of sp³-hybridized carbons (Fsp3) is 0.100. The number of anilines is 1. The number of rotatable bonds is 2. The second-order valence-electron chi connectivity index (χ2n) is 2.91. The molecule has 15 heavy (non-hydrogen) atoms. The maximum atomic E-state index is 13.3. The van der Waals surface area contributed by atoms with Crippen molar-refractivity contribution in [2.75, 3.05) is 12.4 Å². The van der Waals surface area contributed by atoms with E-state index in [9.17, 15) is 4.39 Å². The summed E-state index contributed by atoms with van der Waals surface area (Å²) < 4.78 is 13.3. The lowest BCUT2D eigenvalue weighted by Gasteiger charge is -2.02. The van der Waals surface area contributed by atoms with Gasteiger partial charge in [-0.05, 0) is 18.2 Å². The van der Waals surface area contributed by atoms with Crippen molar-refractivity contribution in [2.45, 2.75) is 0 Å². The Balaban J connectivity index is 2.42. The molecule has 0 fully saturated rings. The summed E-state index contributed by atoms with van der Waals surface area (Å²) in [4.78, 5) is 3.67. The molecule has 5 heteroatoms. The highest BCUT2D eigenvalue weighted by Gasteiger charge is 2.05. The van der Waals surface area contributed by atoms with Crippen molar-refractivity contribution in [2.24, 2.45) is 0 Å². The van der Waals surface area contributed by atoms with E-state index in [0.717, 1.165) is 6.20 Å². The number of halogens is 1. The van der Waals surface area contributed by atoms with Crippen molar-refractivity contribution >= 4 is 5.82 Å². The molecule has 2 rings (SSSR count). The van der Waals surface area contributed by atoms with Crippen molar-refractivity contribution in [1.82, 2.24) is 15.2 Å². The summed E-state index contributed by atoms with van der Waals surface area (Å²) in [6, 6.07) is 5.01. The van der Waals surface area contributed by atoms with Crippen LogP contribution in [0.2, 0.25) is 0 Å². The van der Waals surface area contributed by atoms with Gasteiger partial charge in [-0.15, -0.1) is 10.2 Å². The maximum Gasteiger partial charge on any atom is 0.150 e. The third-order valence-corrected chi connectivity index (χ3v) is 1.97. The van der Waals surface area contributed by atoms with Gasteiger partial charge in [0, 0.05) is 18.8 Å². The highest BCUT2D eigenvalue weighted by atomic mass is 19.1. The fourth-order valence-corrected chi connectivity index (χ4v) is 1.19. The average molecular weight is 204 g/mol. The van der Waals surface area contributed by atoms with Crippen LogP contribution in [0.4, 0.5) is 10.2 Å². The second kappa shape index (κ2) is 4.00. The molecule has 0 radical (unpaired) electrons. The first-order valence-corrected chi connectivity index (χ1v) is 4.42. The third kappa shape index (κ3) is 1.90. The smallest absolute Gasteiger partial charge is 0.150 e. The van der Waals surface area contributed by atoms with Crippen molar-refractivity contribution in [3.63, 3.8) is 0 Å². The average Bonchev–Trinajstić information content (AvgIpc) is 2.30. The van der Waals surface area contributed by atoms with Gasteiger partial charge in [0.15, 0.2) is 5.82 Å². The van der Waals surface area contributed by atoms with Gasteiger partial charge in [0.2, 0.25) is 0 Å². The van der Waals surface area contributed by atoms with Crippen molar-refractivity contribution in [3.05, 3.63) is 36.4 Å². The summed E-state index contributed by atoms with van der Waals surface area (Å²) in [5.74, 6) is 0.247. The summed E-state index contributed by atoms with van der Waals surface area (Å²) in [7, 11) is 1.75. The van der Waals surface area contributed by atoms with Crippen LogP contribution >= 0.6 is 0 Å². The first-order chi connectivity index (χ1) is 7.31. The molecule has 0 aliphatic rings. The second-order valence-corrected chi connectivity index (χ2v) is 2.91. The Labute approximate surface area is 86.2 Å². The molecule has 0 atom stereocenters. The minimum atomic E-state index is -0.399. The molecule has 2 heterocycles. The summed E-state index contributed by atoms with van der Waals surface area (Å²) in [6.07, 6.45) is 2.68. The van der Waals surface area contributed by atoms with E-state index >= 15 is 0 Å². The predicted octanol–water partition coefficient (Wildman–Crippen LogP) is 1.72. The van der Waals surface area contributed by atoms with E-state index in [0.29, 0.717) is 17.1 Å². The van der Waals surface area contributed by atoms with E-state index in [1.807, 2.05) is 0 Å². The molecule has 0 bridgehead atoms. The molecular weight excluding hydrogens is 195 g/mol. The molecule has 0 aromatic carbocycles. The van der Waals surface area contributed by atoms with E-state index in [-0.39, 0.29) is 0 Å². The zero-order valence-electron chi connectivity index (χ0n) is 8.11. The molecule has 0 aliphatic carbocycles. The number of nitrogens with zero attached hydrogens (tertiary/aromatic N) is 3. The largest absolute Gasteiger partial charge is 0.372 e. The highest BCUT2D eigenvalue weighted by molar-refractivity contribution is 5.59. The first-order valence-electron chi connectivity index (χ1n) is 4.42. The molecule has 76 valence electrons. The highest BCUT2D eigenvalue weighted by Crippen LogP contribution is 2.19. The van der Waals surface area contributed by atoms with Gasteiger partial charge in [0.25, 0.3) is 0 Å². The van der Waals surface area contributed by atoms with Crippen LogP contribution in [0.3, 0.4) is 0 Å².